The molecule has 0 fully saturated rings. The highest BCUT2D eigenvalue weighted by Gasteiger charge is 2.18. The van der Waals surface area contributed by atoms with Gasteiger partial charge in [-0.15, -0.1) is 0 Å². The monoisotopic (exact) mass is 302 g/mol. The van der Waals surface area contributed by atoms with Gasteiger partial charge in [0.25, 0.3) is 5.91 Å². The zero-order chi connectivity index (χ0) is 15.9. The zero-order valence-electron chi connectivity index (χ0n) is 13.8. The smallest absolute Gasteiger partial charge is 0.270 e. The fourth-order valence-corrected chi connectivity index (χ4v) is 2.65. The number of aromatic nitrogens is 2. The van der Waals surface area contributed by atoms with E-state index in [1.165, 1.54) is 0 Å². The summed E-state index contributed by atoms with van der Waals surface area (Å²) in [4.78, 5) is 19.5. The number of hydrogen-bond donors (Lipinski definition) is 1. The number of carbonyl (C=O) groups is 1. The Hall–Kier alpha value is -1.88. The highest BCUT2D eigenvalue weighted by molar-refractivity contribution is 5.94. The Bertz CT molecular complexity index is 616. The van der Waals surface area contributed by atoms with E-state index in [2.05, 4.69) is 36.0 Å². The van der Waals surface area contributed by atoms with Crippen LogP contribution < -0.4 is 5.32 Å². The third-order valence-electron chi connectivity index (χ3n) is 3.91. The van der Waals surface area contributed by atoms with Gasteiger partial charge in [-0.3, -0.25) is 9.20 Å². The summed E-state index contributed by atoms with van der Waals surface area (Å²) in [6.07, 6.45) is 3.70. The van der Waals surface area contributed by atoms with E-state index in [0.717, 1.165) is 43.8 Å². The second-order valence-electron chi connectivity index (χ2n) is 5.37. The molecular weight excluding hydrogens is 276 g/mol. The van der Waals surface area contributed by atoms with Gasteiger partial charge in [0.05, 0.1) is 5.69 Å². The average molecular weight is 302 g/mol. The number of fused-ring (bicyclic) bond motifs is 1. The molecule has 0 saturated carbocycles. The molecule has 0 bridgehead atoms. The van der Waals surface area contributed by atoms with Crippen molar-refractivity contribution in [3.8, 4) is 0 Å². The summed E-state index contributed by atoms with van der Waals surface area (Å²) < 4.78 is 1.89. The van der Waals surface area contributed by atoms with Crippen LogP contribution in [0.25, 0.3) is 5.65 Å². The van der Waals surface area contributed by atoms with Gasteiger partial charge in [0.2, 0.25) is 0 Å². The second kappa shape index (κ2) is 7.94. The summed E-state index contributed by atoms with van der Waals surface area (Å²) in [5.74, 6) is -0.0330. The van der Waals surface area contributed by atoms with Crippen LogP contribution >= 0.6 is 0 Å². The molecule has 2 aromatic rings. The Morgan fingerprint density at radius 2 is 2.05 bits per heavy atom. The number of pyridine rings is 1. The predicted octanol–water partition coefficient (Wildman–Crippen LogP) is 2.36. The van der Waals surface area contributed by atoms with Crippen LogP contribution in [0.2, 0.25) is 0 Å². The first-order valence-corrected chi connectivity index (χ1v) is 8.17. The average Bonchev–Trinajstić information content (AvgIpc) is 2.90. The normalized spacial score (nSPS) is 11.3. The maximum Gasteiger partial charge on any atom is 0.270 e. The summed E-state index contributed by atoms with van der Waals surface area (Å²) in [7, 11) is 0. The first-order valence-electron chi connectivity index (χ1n) is 8.17. The van der Waals surface area contributed by atoms with E-state index in [0.29, 0.717) is 12.2 Å². The molecule has 0 radical (unpaired) electrons. The number of imidazole rings is 1. The third-order valence-corrected chi connectivity index (χ3v) is 3.91. The van der Waals surface area contributed by atoms with Crippen molar-refractivity contribution < 1.29 is 4.79 Å². The maximum absolute atomic E-state index is 12.6. The van der Waals surface area contributed by atoms with E-state index in [9.17, 15) is 4.79 Å². The minimum Gasteiger partial charge on any atom is -0.349 e. The highest BCUT2D eigenvalue weighted by atomic mass is 16.1. The van der Waals surface area contributed by atoms with Crippen molar-refractivity contribution in [3.63, 3.8) is 0 Å². The summed E-state index contributed by atoms with van der Waals surface area (Å²) in [5, 5.41) is 3.03. The van der Waals surface area contributed by atoms with Crippen LogP contribution in [-0.4, -0.2) is 46.4 Å². The van der Waals surface area contributed by atoms with Crippen molar-refractivity contribution in [2.75, 3.05) is 26.2 Å². The van der Waals surface area contributed by atoms with Gasteiger partial charge in [-0.25, -0.2) is 4.98 Å². The van der Waals surface area contributed by atoms with E-state index < -0.39 is 0 Å². The Labute approximate surface area is 132 Å². The Kier molecular flexibility index (Phi) is 5.95. The van der Waals surface area contributed by atoms with Crippen molar-refractivity contribution >= 4 is 11.6 Å². The van der Waals surface area contributed by atoms with Crippen LogP contribution in [-0.2, 0) is 6.42 Å². The minimum absolute atomic E-state index is 0.0330. The van der Waals surface area contributed by atoms with E-state index in [-0.39, 0.29) is 5.91 Å². The van der Waals surface area contributed by atoms with Crippen LogP contribution in [0.1, 0.15) is 43.4 Å². The van der Waals surface area contributed by atoms with E-state index >= 15 is 0 Å². The zero-order valence-corrected chi connectivity index (χ0v) is 13.8. The maximum atomic E-state index is 12.6. The SMILES string of the molecule is CCCc1nc2ccccn2c1C(=O)NCCN(CC)CC. The van der Waals surface area contributed by atoms with Crippen LogP contribution in [0.3, 0.4) is 0 Å². The number of amides is 1. The first kappa shape index (κ1) is 16.5. The largest absolute Gasteiger partial charge is 0.349 e. The van der Waals surface area contributed by atoms with Gasteiger partial charge in [-0.1, -0.05) is 33.3 Å². The topological polar surface area (TPSA) is 49.6 Å². The minimum atomic E-state index is -0.0330. The van der Waals surface area contributed by atoms with E-state index in [1.807, 2.05) is 28.8 Å². The number of nitrogens with zero attached hydrogens (tertiary/aromatic N) is 3. The number of carbonyl (C=O) groups excluding carboxylic acids is 1. The lowest BCUT2D eigenvalue weighted by Crippen LogP contribution is -2.35. The molecule has 2 aromatic heterocycles. The Morgan fingerprint density at radius 1 is 1.27 bits per heavy atom. The molecule has 22 heavy (non-hydrogen) atoms. The summed E-state index contributed by atoms with van der Waals surface area (Å²) >= 11 is 0. The van der Waals surface area contributed by atoms with Crippen LogP contribution in [0, 0.1) is 0 Å². The van der Waals surface area contributed by atoms with Crippen LogP contribution in [0.4, 0.5) is 0 Å². The number of hydrogen-bond acceptors (Lipinski definition) is 3. The molecule has 0 saturated heterocycles. The number of rotatable bonds is 8. The molecule has 0 aliphatic rings. The lowest BCUT2D eigenvalue weighted by Gasteiger charge is -2.18. The summed E-state index contributed by atoms with van der Waals surface area (Å²) in [5.41, 5.74) is 2.39. The molecular formula is C17H26N4O. The van der Waals surface area contributed by atoms with E-state index in [1.54, 1.807) is 0 Å². The van der Waals surface area contributed by atoms with Gasteiger partial charge in [-0.05, 0) is 31.6 Å². The molecule has 0 aliphatic carbocycles. The Balaban J connectivity index is 2.14. The molecule has 2 rings (SSSR count). The molecule has 0 aliphatic heterocycles. The van der Waals surface area contributed by atoms with Gasteiger partial charge < -0.3 is 10.2 Å². The fourth-order valence-electron chi connectivity index (χ4n) is 2.65. The molecule has 0 atom stereocenters. The van der Waals surface area contributed by atoms with Gasteiger partial charge in [0, 0.05) is 19.3 Å². The van der Waals surface area contributed by atoms with Crippen molar-refractivity contribution in [2.45, 2.75) is 33.6 Å². The van der Waals surface area contributed by atoms with Crippen molar-refractivity contribution in [3.05, 3.63) is 35.8 Å². The molecule has 5 nitrogen and oxygen atoms in total. The quantitative estimate of drug-likeness (QED) is 0.814. The first-order chi connectivity index (χ1) is 10.7. The summed E-state index contributed by atoms with van der Waals surface area (Å²) in [6, 6.07) is 5.81. The van der Waals surface area contributed by atoms with Crippen LogP contribution in [0.5, 0.6) is 0 Å². The lowest BCUT2D eigenvalue weighted by atomic mass is 10.2. The third kappa shape index (κ3) is 3.65. The molecule has 0 unspecified atom stereocenters. The fraction of sp³-hybridized carbons (Fsp3) is 0.529. The lowest BCUT2D eigenvalue weighted by molar-refractivity contribution is 0.0942. The molecule has 0 aromatic carbocycles. The molecule has 1 N–H and O–H groups in total. The highest BCUT2D eigenvalue weighted by Crippen LogP contribution is 2.14. The standard InChI is InChI=1S/C17H26N4O/c1-4-9-14-16(21-12-8-7-10-15(21)19-14)17(22)18-11-13-20(5-2)6-3/h7-8,10,12H,4-6,9,11,13H2,1-3H3,(H,18,22). The van der Waals surface area contributed by atoms with Gasteiger partial charge in [0.15, 0.2) is 0 Å². The molecule has 1 amide bonds. The molecule has 120 valence electrons. The van der Waals surface area contributed by atoms with Crippen molar-refractivity contribution in [1.82, 2.24) is 19.6 Å². The van der Waals surface area contributed by atoms with Gasteiger partial charge >= 0.3 is 0 Å². The van der Waals surface area contributed by atoms with Crippen molar-refractivity contribution in [2.24, 2.45) is 0 Å². The molecule has 0 spiro atoms. The van der Waals surface area contributed by atoms with Crippen molar-refractivity contribution in [1.29, 1.82) is 0 Å². The second-order valence-corrected chi connectivity index (χ2v) is 5.37. The number of likely N-dealkylation sites (N-methyl/N-ethyl adjacent to an activating group) is 1. The number of aryl methyl sites for hydroxylation is 1. The Morgan fingerprint density at radius 3 is 2.73 bits per heavy atom. The van der Waals surface area contributed by atoms with E-state index in [4.69, 9.17) is 0 Å². The molecule has 2 heterocycles. The number of nitrogens with one attached hydrogen (secondary N) is 1. The van der Waals surface area contributed by atoms with Crippen LogP contribution in [0.15, 0.2) is 24.4 Å². The van der Waals surface area contributed by atoms with Gasteiger partial charge in [-0.2, -0.15) is 0 Å². The molecule has 5 heteroatoms. The predicted molar refractivity (Wildman–Crippen MR) is 89.3 cm³/mol. The summed E-state index contributed by atoms with van der Waals surface area (Å²) in [6.45, 7) is 9.91. The van der Waals surface area contributed by atoms with Gasteiger partial charge in [0.1, 0.15) is 11.3 Å².